The van der Waals surface area contributed by atoms with E-state index in [4.69, 9.17) is 11.5 Å². The van der Waals surface area contributed by atoms with Crippen molar-refractivity contribution in [3.63, 3.8) is 0 Å². The van der Waals surface area contributed by atoms with Crippen LogP contribution < -0.4 is 59.3 Å². The molecule has 0 bridgehead atoms. The van der Waals surface area contributed by atoms with Gasteiger partial charge in [0.2, 0.25) is 59.1 Å². The van der Waals surface area contributed by atoms with E-state index in [2.05, 4.69) is 52.8 Å². The Morgan fingerprint density at radius 3 is 1.83 bits per heavy atom. The molecule has 1 saturated carbocycles. The molecule has 9 atom stereocenters. The van der Waals surface area contributed by atoms with Gasteiger partial charge in [-0.05, 0) is 83.0 Å². The number of likely N-dealkylation sites (tertiary alicyclic amines) is 1. The van der Waals surface area contributed by atoms with Gasteiger partial charge in [-0.25, -0.2) is 0 Å². The number of aliphatic hydroxyl groups excluding tert-OH is 1. The predicted octanol–water partition coefficient (Wildman–Crippen LogP) is -2.21. The summed E-state index contributed by atoms with van der Waals surface area (Å²) in [6.07, 6.45) is 1.77. The third-order valence-electron chi connectivity index (χ3n) is 12.4. The molecule has 1 saturated heterocycles. The van der Waals surface area contributed by atoms with Crippen LogP contribution in [0.5, 0.6) is 0 Å². The number of carbonyl (C=O) groups excluding carboxylic acids is 10. The van der Waals surface area contributed by atoms with Gasteiger partial charge in [0.25, 0.3) is 0 Å². The fraction of sp³-hybridized carbons (Fsp3) is 0.766. The first-order valence-electron chi connectivity index (χ1n) is 25.0. The number of amides is 10. The van der Waals surface area contributed by atoms with Gasteiger partial charge in [0.15, 0.2) is 5.96 Å². The second kappa shape index (κ2) is 29.3. The number of likely N-dealkylation sites (N-methyl/N-ethyl adjacent to an activating group) is 1. The van der Waals surface area contributed by atoms with Crippen molar-refractivity contribution in [1.29, 1.82) is 0 Å². The molecular weight excluding hydrogens is 923 g/mol. The van der Waals surface area contributed by atoms with Crippen molar-refractivity contribution in [1.82, 2.24) is 52.8 Å². The maximum atomic E-state index is 14.2. The lowest BCUT2D eigenvalue weighted by molar-refractivity contribution is -0.142. The topological polar surface area (TPSA) is 367 Å². The maximum absolute atomic E-state index is 14.2. The van der Waals surface area contributed by atoms with Crippen molar-refractivity contribution in [2.45, 2.75) is 187 Å². The molecule has 10 amide bonds. The normalized spacial score (nSPS) is 18.2. The number of aliphatic hydroxyl groups is 1. The molecule has 24 heteroatoms. The minimum atomic E-state index is -1.62. The number of rotatable bonds is 30. The molecule has 402 valence electrons. The van der Waals surface area contributed by atoms with Gasteiger partial charge < -0.3 is 69.3 Å². The van der Waals surface area contributed by atoms with E-state index in [0.29, 0.717) is 58.0 Å². The number of aliphatic imine (C=N–C) groups is 1. The maximum Gasteiger partial charge on any atom is 0.246 e. The molecule has 71 heavy (non-hydrogen) atoms. The average molecular weight is 1010 g/mol. The molecule has 2 rings (SSSR count). The van der Waals surface area contributed by atoms with E-state index >= 15 is 0 Å². The highest BCUT2D eigenvalue weighted by Gasteiger charge is 2.50. The number of guanidine groups is 1. The monoisotopic (exact) mass is 1010 g/mol. The summed E-state index contributed by atoms with van der Waals surface area (Å²) in [5.74, 6) is -7.55. The summed E-state index contributed by atoms with van der Waals surface area (Å²) in [4.78, 5) is 139. The Labute approximate surface area is 417 Å². The van der Waals surface area contributed by atoms with Gasteiger partial charge in [0, 0.05) is 26.6 Å². The summed E-state index contributed by atoms with van der Waals surface area (Å²) in [5.41, 5.74) is 9.92. The number of nitrogens with two attached hydrogens (primary N) is 2. The second-order valence-electron chi connectivity index (χ2n) is 19.5. The van der Waals surface area contributed by atoms with Gasteiger partial charge in [-0.1, -0.05) is 61.3 Å². The van der Waals surface area contributed by atoms with E-state index in [1.807, 2.05) is 6.92 Å². The SMILES string of the molecule is CCC[C@H](NC(=O)[C@@H](NC(=O)[C@@H](CC(C)C)NC(=O)[C@@H](NC(=O)CNC(=O)C1(NC(C)=O)CC1)C(C)C)[C@@H](C)O)C(=O)N[C@H](C(=O)N[C@@H](CCCN=C(N)N)C(=O)N1CCC[C@H]1C(=O)NCC)[C@@H](C)CC. The predicted molar refractivity (Wildman–Crippen MR) is 264 cm³/mol. The van der Waals surface area contributed by atoms with Crippen LogP contribution in [-0.2, 0) is 47.9 Å². The van der Waals surface area contributed by atoms with Gasteiger partial charge in [-0.3, -0.25) is 52.9 Å². The Balaban J connectivity index is 2.26. The summed E-state index contributed by atoms with van der Waals surface area (Å²) in [6.45, 7) is 16.9. The summed E-state index contributed by atoms with van der Waals surface area (Å²) < 4.78 is 0. The lowest BCUT2D eigenvalue weighted by Crippen LogP contribution is -2.62. The van der Waals surface area contributed by atoms with Crippen molar-refractivity contribution >= 4 is 65.0 Å². The first kappa shape index (κ1) is 61.1. The Morgan fingerprint density at radius 2 is 1.30 bits per heavy atom. The highest BCUT2D eigenvalue weighted by atomic mass is 16.3. The molecule has 0 aromatic rings. The van der Waals surface area contributed by atoms with Crippen LogP contribution in [0, 0.1) is 17.8 Å². The van der Waals surface area contributed by atoms with Crippen LogP contribution in [-0.4, -0.2) is 155 Å². The van der Waals surface area contributed by atoms with Crippen molar-refractivity contribution < 1.29 is 53.1 Å². The van der Waals surface area contributed by atoms with Crippen molar-refractivity contribution in [2.75, 3.05) is 26.2 Å². The Bertz CT molecular complexity index is 1900. The van der Waals surface area contributed by atoms with Crippen molar-refractivity contribution in [3.8, 4) is 0 Å². The quantitative estimate of drug-likeness (QED) is 0.0207. The van der Waals surface area contributed by atoms with Crippen LogP contribution in [0.1, 0.15) is 133 Å². The van der Waals surface area contributed by atoms with Gasteiger partial charge in [0.05, 0.1) is 12.6 Å². The lowest BCUT2D eigenvalue weighted by Gasteiger charge is -2.31. The number of hydrogen-bond acceptors (Lipinski definition) is 12. The summed E-state index contributed by atoms with van der Waals surface area (Å²) in [5, 5.41) is 34.6. The first-order chi connectivity index (χ1) is 33.3. The van der Waals surface area contributed by atoms with Gasteiger partial charge >= 0.3 is 0 Å². The minimum Gasteiger partial charge on any atom is -0.391 e. The van der Waals surface area contributed by atoms with Crippen LogP contribution >= 0.6 is 0 Å². The van der Waals surface area contributed by atoms with Gasteiger partial charge in [0.1, 0.15) is 47.8 Å². The molecule has 14 N–H and O–H groups in total. The standard InChI is InChI=1S/C47H83N13O11/c1-11-16-30(38(64)57-36(27(8)12-2)42(68)54-31(17-14-21-51-46(48)49)44(70)60-22-15-18-33(60)40(66)50-13-3)53-43(69)37(28(9)61)58-39(65)32(23-25(4)5)55-41(67)35(26(6)7)56-34(63)24-52-45(71)47(19-20-47)59-29(10)62/h25-28,30-33,35-37,61H,11-24H2,1-10H3,(H,50,66)(H,52,71)(H,53,69)(H,54,68)(H,55,67)(H,56,63)(H,57,64)(H,58,65)(H,59,62)(H4,48,49,51)/t27-,28+,30-,31-,32+,33-,35-,36-,37-/m0/s1. The third kappa shape index (κ3) is 19.6. The third-order valence-corrected chi connectivity index (χ3v) is 12.4. The molecule has 1 aliphatic carbocycles. The summed E-state index contributed by atoms with van der Waals surface area (Å²) in [6, 6.07) is -8.29. The van der Waals surface area contributed by atoms with Crippen molar-refractivity contribution in [2.24, 2.45) is 34.2 Å². The minimum absolute atomic E-state index is 0.0846. The Morgan fingerprint density at radius 1 is 0.718 bits per heavy atom. The molecule has 0 aromatic heterocycles. The zero-order chi connectivity index (χ0) is 53.7. The molecular formula is C47H83N13O11. The van der Waals surface area contributed by atoms with E-state index < -0.39 is 120 Å². The van der Waals surface area contributed by atoms with E-state index in [-0.39, 0.29) is 49.5 Å². The highest BCUT2D eigenvalue weighted by molar-refractivity contribution is 5.99. The summed E-state index contributed by atoms with van der Waals surface area (Å²) >= 11 is 0. The zero-order valence-electron chi connectivity index (χ0n) is 43.3. The fourth-order valence-electron chi connectivity index (χ4n) is 8.18. The van der Waals surface area contributed by atoms with E-state index in [0.717, 1.165) is 0 Å². The summed E-state index contributed by atoms with van der Waals surface area (Å²) in [7, 11) is 0. The van der Waals surface area contributed by atoms with Crippen LogP contribution in [0.2, 0.25) is 0 Å². The molecule has 2 fully saturated rings. The average Bonchev–Trinajstić information content (AvgIpc) is 3.90. The molecule has 0 unspecified atom stereocenters. The number of nitrogens with zero attached hydrogens (tertiary/aromatic N) is 2. The Kier molecular flexibility index (Phi) is 25.2. The van der Waals surface area contributed by atoms with E-state index in [9.17, 15) is 53.1 Å². The molecule has 0 radical (unpaired) electrons. The fourth-order valence-corrected chi connectivity index (χ4v) is 8.18. The zero-order valence-corrected chi connectivity index (χ0v) is 43.3. The van der Waals surface area contributed by atoms with Crippen LogP contribution in [0.15, 0.2) is 4.99 Å². The van der Waals surface area contributed by atoms with Gasteiger partial charge in [-0.2, -0.15) is 0 Å². The molecule has 1 heterocycles. The second-order valence-corrected chi connectivity index (χ2v) is 19.5. The van der Waals surface area contributed by atoms with E-state index in [1.165, 1.54) is 18.7 Å². The smallest absolute Gasteiger partial charge is 0.246 e. The number of nitrogens with one attached hydrogen (secondary N) is 9. The molecule has 0 aromatic carbocycles. The highest BCUT2D eigenvalue weighted by Crippen LogP contribution is 2.35. The Hall–Kier alpha value is -6.07. The number of hydrogen-bond donors (Lipinski definition) is 12. The van der Waals surface area contributed by atoms with Crippen LogP contribution in [0.25, 0.3) is 0 Å². The van der Waals surface area contributed by atoms with Crippen molar-refractivity contribution in [3.05, 3.63) is 0 Å². The molecule has 0 spiro atoms. The molecule has 2 aliphatic rings. The van der Waals surface area contributed by atoms with E-state index in [1.54, 1.807) is 48.5 Å². The largest absolute Gasteiger partial charge is 0.391 e. The van der Waals surface area contributed by atoms with Crippen LogP contribution in [0.3, 0.4) is 0 Å². The molecule has 1 aliphatic heterocycles. The van der Waals surface area contributed by atoms with Gasteiger partial charge in [-0.15, -0.1) is 0 Å². The first-order valence-corrected chi connectivity index (χ1v) is 25.0. The number of carbonyl (C=O) groups is 10. The lowest BCUT2D eigenvalue weighted by atomic mass is 9.96. The molecule has 24 nitrogen and oxygen atoms in total. The van der Waals surface area contributed by atoms with Crippen LogP contribution in [0.4, 0.5) is 0 Å².